The van der Waals surface area contributed by atoms with E-state index in [9.17, 15) is 4.79 Å². The zero-order valence-corrected chi connectivity index (χ0v) is 13.1. The number of rotatable bonds is 3. The molecule has 0 unspecified atom stereocenters. The number of likely N-dealkylation sites (tertiary alicyclic amines) is 1. The highest BCUT2D eigenvalue weighted by atomic mass is 16.2. The summed E-state index contributed by atoms with van der Waals surface area (Å²) in [6.07, 6.45) is 6.90. The Labute approximate surface area is 130 Å². The van der Waals surface area contributed by atoms with Gasteiger partial charge < -0.3 is 4.90 Å². The Hall–Kier alpha value is -2.17. The van der Waals surface area contributed by atoms with E-state index in [4.69, 9.17) is 0 Å². The summed E-state index contributed by atoms with van der Waals surface area (Å²) in [5.41, 5.74) is 1.88. The maximum Gasteiger partial charge on any atom is 0.254 e. The van der Waals surface area contributed by atoms with E-state index in [1.165, 1.54) is 6.42 Å². The third-order valence-electron chi connectivity index (χ3n) is 4.45. The van der Waals surface area contributed by atoms with E-state index >= 15 is 0 Å². The Balaban J connectivity index is 1.73. The topological polar surface area (TPSA) is 51.0 Å². The van der Waals surface area contributed by atoms with Gasteiger partial charge in [-0.05, 0) is 50.8 Å². The Morgan fingerprint density at radius 1 is 1.18 bits per heavy atom. The quantitative estimate of drug-likeness (QED) is 0.875. The molecule has 0 radical (unpaired) electrons. The molecule has 2 heterocycles. The highest BCUT2D eigenvalue weighted by Gasteiger charge is 2.29. The van der Waals surface area contributed by atoms with Gasteiger partial charge in [0.2, 0.25) is 0 Å². The summed E-state index contributed by atoms with van der Waals surface area (Å²) >= 11 is 0. The molecule has 1 aromatic carbocycles. The minimum atomic E-state index is 0.145. The van der Waals surface area contributed by atoms with Crippen molar-refractivity contribution < 1.29 is 4.79 Å². The van der Waals surface area contributed by atoms with Crippen molar-refractivity contribution >= 4 is 5.91 Å². The smallest absolute Gasteiger partial charge is 0.254 e. The first-order valence-corrected chi connectivity index (χ1v) is 7.91. The average Bonchev–Trinajstić information content (AvgIpc) is 3.00. The van der Waals surface area contributed by atoms with E-state index < -0.39 is 0 Å². The molecule has 0 aliphatic carbocycles. The lowest BCUT2D eigenvalue weighted by atomic mass is 9.96. The van der Waals surface area contributed by atoms with E-state index in [2.05, 4.69) is 24.2 Å². The monoisotopic (exact) mass is 298 g/mol. The number of hydrogen-bond acceptors (Lipinski definition) is 3. The lowest BCUT2D eigenvalue weighted by Gasteiger charge is -2.39. The van der Waals surface area contributed by atoms with E-state index in [0.29, 0.717) is 18.6 Å². The SMILES string of the molecule is C[C@@H]1CCC[C@H](C)N1C(=O)c1ccc(Cn2ccnn2)cc1. The van der Waals surface area contributed by atoms with Gasteiger partial charge in [-0.1, -0.05) is 17.3 Å². The summed E-state index contributed by atoms with van der Waals surface area (Å²) in [6, 6.07) is 8.48. The molecule has 116 valence electrons. The zero-order valence-electron chi connectivity index (χ0n) is 13.1. The largest absolute Gasteiger partial charge is 0.333 e. The molecule has 1 amide bonds. The number of carbonyl (C=O) groups excluding carboxylic acids is 1. The lowest BCUT2D eigenvalue weighted by molar-refractivity contribution is 0.0511. The molecule has 0 N–H and O–H groups in total. The fraction of sp³-hybridized carbons (Fsp3) is 0.471. The predicted molar refractivity (Wildman–Crippen MR) is 84.5 cm³/mol. The van der Waals surface area contributed by atoms with Crippen LogP contribution in [0, 0.1) is 0 Å². The molecule has 0 spiro atoms. The van der Waals surface area contributed by atoms with Crippen LogP contribution in [-0.4, -0.2) is 37.9 Å². The van der Waals surface area contributed by atoms with Gasteiger partial charge >= 0.3 is 0 Å². The molecule has 22 heavy (non-hydrogen) atoms. The molecular weight excluding hydrogens is 276 g/mol. The van der Waals surface area contributed by atoms with Crippen LogP contribution in [0.25, 0.3) is 0 Å². The minimum absolute atomic E-state index is 0.145. The average molecular weight is 298 g/mol. The second-order valence-electron chi connectivity index (χ2n) is 6.14. The standard InChI is InChI=1S/C17H22N4O/c1-13-4-3-5-14(2)21(13)17(22)16-8-6-15(7-9-16)12-20-11-10-18-19-20/h6-11,13-14H,3-5,12H2,1-2H3/t13-,14+. The van der Waals surface area contributed by atoms with Crippen molar-refractivity contribution in [2.45, 2.75) is 51.7 Å². The first kappa shape index (κ1) is 14.8. The van der Waals surface area contributed by atoms with Crippen LogP contribution in [0.4, 0.5) is 0 Å². The molecule has 5 nitrogen and oxygen atoms in total. The molecule has 2 aromatic rings. The second-order valence-corrected chi connectivity index (χ2v) is 6.14. The number of amides is 1. The third kappa shape index (κ3) is 3.03. The van der Waals surface area contributed by atoms with Crippen molar-refractivity contribution in [2.75, 3.05) is 0 Å². The van der Waals surface area contributed by atoms with E-state index in [1.807, 2.05) is 35.4 Å². The predicted octanol–water partition coefficient (Wildman–Crippen LogP) is 2.73. The first-order chi connectivity index (χ1) is 10.6. The number of piperidine rings is 1. The summed E-state index contributed by atoms with van der Waals surface area (Å²) in [4.78, 5) is 14.8. The van der Waals surface area contributed by atoms with Gasteiger partial charge in [-0.3, -0.25) is 4.79 Å². The summed E-state index contributed by atoms with van der Waals surface area (Å²) in [7, 11) is 0. The van der Waals surface area contributed by atoms with Crippen molar-refractivity contribution in [3.8, 4) is 0 Å². The van der Waals surface area contributed by atoms with Gasteiger partial charge in [-0.2, -0.15) is 0 Å². The molecule has 1 aliphatic heterocycles. The summed E-state index contributed by atoms with van der Waals surface area (Å²) in [5.74, 6) is 0.145. The highest BCUT2D eigenvalue weighted by molar-refractivity contribution is 5.94. The second kappa shape index (κ2) is 6.30. The van der Waals surface area contributed by atoms with Gasteiger partial charge in [-0.25, -0.2) is 4.68 Å². The molecule has 0 bridgehead atoms. The van der Waals surface area contributed by atoms with Crippen LogP contribution in [0.2, 0.25) is 0 Å². The fourth-order valence-corrected chi connectivity index (χ4v) is 3.23. The Morgan fingerprint density at radius 2 is 1.86 bits per heavy atom. The molecule has 5 heteroatoms. The van der Waals surface area contributed by atoms with Crippen LogP contribution in [0.1, 0.15) is 49.0 Å². The van der Waals surface area contributed by atoms with E-state index in [-0.39, 0.29) is 5.91 Å². The molecule has 3 rings (SSSR count). The maximum absolute atomic E-state index is 12.7. The van der Waals surface area contributed by atoms with Gasteiger partial charge in [0.25, 0.3) is 5.91 Å². The molecular formula is C17H22N4O. The van der Waals surface area contributed by atoms with Gasteiger partial charge in [0, 0.05) is 23.8 Å². The number of benzene rings is 1. The summed E-state index contributed by atoms with van der Waals surface area (Å²) in [5, 5.41) is 7.75. The lowest BCUT2D eigenvalue weighted by Crippen LogP contribution is -2.47. The van der Waals surface area contributed by atoms with Gasteiger partial charge in [0.05, 0.1) is 12.7 Å². The maximum atomic E-state index is 12.7. The van der Waals surface area contributed by atoms with Crippen LogP contribution in [0.3, 0.4) is 0 Å². The Bertz CT molecular complexity index is 611. The summed E-state index contributed by atoms with van der Waals surface area (Å²) < 4.78 is 1.77. The molecule has 2 atom stereocenters. The summed E-state index contributed by atoms with van der Waals surface area (Å²) in [6.45, 7) is 4.96. The van der Waals surface area contributed by atoms with Gasteiger partial charge in [-0.15, -0.1) is 5.10 Å². The van der Waals surface area contributed by atoms with Crippen LogP contribution in [-0.2, 0) is 6.54 Å². The van der Waals surface area contributed by atoms with Crippen LogP contribution in [0.15, 0.2) is 36.7 Å². The van der Waals surface area contributed by atoms with Gasteiger partial charge in [0.1, 0.15) is 0 Å². The highest BCUT2D eigenvalue weighted by Crippen LogP contribution is 2.24. The normalized spacial score (nSPS) is 21.8. The van der Waals surface area contributed by atoms with Crippen molar-refractivity contribution in [3.05, 3.63) is 47.8 Å². The number of aromatic nitrogens is 3. The number of hydrogen-bond donors (Lipinski definition) is 0. The zero-order chi connectivity index (χ0) is 15.5. The van der Waals surface area contributed by atoms with Crippen LogP contribution in [0.5, 0.6) is 0 Å². The first-order valence-electron chi connectivity index (χ1n) is 7.91. The van der Waals surface area contributed by atoms with Crippen LogP contribution < -0.4 is 0 Å². The van der Waals surface area contributed by atoms with Gasteiger partial charge in [0.15, 0.2) is 0 Å². The van der Waals surface area contributed by atoms with Crippen molar-refractivity contribution in [1.29, 1.82) is 0 Å². The van der Waals surface area contributed by atoms with E-state index in [0.717, 1.165) is 24.0 Å². The molecule has 0 saturated carbocycles. The minimum Gasteiger partial charge on any atom is -0.333 e. The molecule has 1 aromatic heterocycles. The Kier molecular flexibility index (Phi) is 4.22. The molecule has 1 saturated heterocycles. The molecule has 1 aliphatic rings. The number of nitrogens with zero attached hydrogens (tertiary/aromatic N) is 4. The van der Waals surface area contributed by atoms with Crippen LogP contribution >= 0.6 is 0 Å². The Morgan fingerprint density at radius 3 is 2.45 bits per heavy atom. The molecule has 1 fully saturated rings. The third-order valence-corrected chi connectivity index (χ3v) is 4.45. The van der Waals surface area contributed by atoms with Crippen molar-refractivity contribution in [2.24, 2.45) is 0 Å². The fourth-order valence-electron chi connectivity index (χ4n) is 3.23. The van der Waals surface area contributed by atoms with E-state index in [1.54, 1.807) is 10.9 Å². The van der Waals surface area contributed by atoms with Crippen molar-refractivity contribution in [1.82, 2.24) is 19.9 Å². The number of carbonyl (C=O) groups is 1. The van der Waals surface area contributed by atoms with Crippen molar-refractivity contribution in [3.63, 3.8) is 0 Å².